The van der Waals surface area contributed by atoms with Crippen LogP contribution in [0.1, 0.15) is 329 Å². The molecule has 0 aromatic carbocycles. The number of rotatable bonds is 53. The van der Waals surface area contributed by atoms with E-state index < -0.39 is 6.10 Å². The van der Waals surface area contributed by atoms with Crippen LogP contribution in [0, 0.1) is 5.92 Å². The van der Waals surface area contributed by atoms with Gasteiger partial charge in [-0.3, -0.25) is 14.4 Å². The summed E-state index contributed by atoms with van der Waals surface area (Å²) >= 11 is 0. The topological polar surface area (TPSA) is 78.9 Å². The van der Waals surface area contributed by atoms with Crippen molar-refractivity contribution in [1.82, 2.24) is 0 Å². The summed E-state index contributed by atoms with van der Waals surface area (Å²) in [6, 6.07) is 0. The Labute approximate surface area is 399 Å². The summed E-state index contributed by atoms with van der Waals surface area (Å²) in [6.45, 7) is 9.07. The van der Waals surface area contributed by atoms with Crippen LogP contribution in [0.15, 0.2) is 0 Å². The molecule has 6 nitrogen and oxygen atoms in total. The van der Waals surface area contributed by atoms with Crippen molar-refractivity contribution in [3.05, 3.63) is 0 Å². The van der Waals surface area contributed by atoms with Gasteiger partial charge in [0.05, 0.1) is 0 Å². The molecular formula is C58H112O6. The average Bonchev–Trinajstić information content (AvgIpc) is 3.28. The van der Waals surface area contributed by atoms with Gasteiger partial charge in [-0.2, -0.15) is 0 Å². The van der Waals surface area contributed by atoms with Crippen molar-refractivity contribution in [2.75, 3.05) is 13.2 Å². The lowest BCUT2D eigenvalue weighted by Gasteiger charge is -2.18. The van der Waals surface area contributed by atoms with Gasteiger partial charge in [-0.25, -0.2) is 0 Å². The summed E-state index contributed by atoms with van der Waals surface area (Å²) in [7, 11) is 0. The maximum Gasteiger partial charge on any atom is 0.306 e. The quantitative estimate of drug-likeness (QED) is 0.0344. The van der Waals surface area contributed by atoms with Crippen LogP contribution in [0.4, 0.5) is 0 Å². The molecule has 64 heavy (non-hydrogen) atoms. The molecule has 0 amide bonds. The molecule has 0 fully saturated rings. The van der Waals surface area contributed by atoms with Gasteiger partial charge in [0.2, 0.25) is 0 Å². The second-order valence-electron chi connectivity index (χ2n) is 20.4. The van der Waals surface area contributed by atoms with Gasteiger partial charge in [-0.05, 0) is 25.2 Å². The number of hydrogen-bond acceptors (Lipinski definition) is 6. The lowest BCUT2D eigenvalue weighted by Crippen LogP contribution is -2.30. The summed E-state index contributed by atoms with van der Waals surface area (Å²) in [4.78, 5) is 38.1. The first kappa shape index (κ1) is 62.4. The minimum atomic E-state index is -0.761. The predicted octanol–water partition coefficient (Wildman–Crippen LogP) is 19.0. The predicted molar refractivity (Wildman–Crippen MR) is 275 cm³/mol. The average molecular weight is 906 g/mol. The van der Waals surface area contributed by atoms with Crippen molar-refractivity contribution < 1.29 is 28.6 Å². The van der Waals surface area contributed by atoms with E-state index in [1.165, 1.54) is 225 Å². The van der Waals surface area contributed by atoms with Crippen molar-refractivity contribution in [3.8, 4) is 0 Å². The van der Waals surface area contributed by atoms with Gasteiger partial charge < -0.3 is 14.2 Å². The fourth-order valence-electron chi connectivity index (χ4n) is 8.92. The molecule has 0 saturated carbocycles. The maximum absolute atomic E-state index is 12.8. The highest BCUT2D eigenvalue weighted by Gasteiger charge is 2.19. The molecule has 0 aromatic heterocycles. The first-order chi connectivity index (χ1) is 31.4. The molecule has 0 spiro atoms. The first-order valence-electron chi connectivity index (χ1n) is 28.9. The Morgan fingerprint density at radius 3 is 0.766 bits per heavy atom. The third-order valence-electron chi connectivity index (χ3n) is 13.3. The molecule has 0 unspecified atom stereocenters. The zero-order valence-corrected chi connectivity index (χ0v) is 43.8. The smallest absolute Gasteiger partial charge is 0.306 e. The summed E-state index contributed by atoms with van der Waals surface area (Å²) in [5, 5.41) is 0. The van der Waals surface area contributed by atoms with Gasteiger partial charge in [0, 0.05) is 19.3 Å². The third kappa shape index (κ3) is 51.4. The fraction of sp³-hybridized carbons (Fsp3) is 0.948. The van der Waals surface area contributed by atoms with E-state index in [1.807, 2.05) is 0 Å². The highest BCUT2D eigenvalue weighted by molar-refractivity contribution is 5.71. The van der Waals surface area contributed by atoms with Crippen molar-refractivity contribution in [2.45, 2.75) is 336 Å². The zero-order chi connectivity index (χ0) is 46.7. The summed E-state index contributed by atoms with van der Waals surface area (Å²) in [5.74, 6) is 0.0176. The molecule has 0 aromatic rings. The van der Waals surface area contributed by atoms with Crippen LogP contribution in [0.5, 0.6) is 0 Å². The second-order valence-corrected chi connectivity index (χ2v) is 20.4. The molecule has 0 aliphatic rings. The largest absolute Gasteiger partial charge is 0.462 e. The van der Waals surface area contributed by atoms with Crippen molar-refractivity contribution in [1.29, 1.82) is 0 Å². The second kappa shape index (κ2) is 52.4. The summed E-state index contributed by atoms with van der Waals surface area (Å²) in [6.07, 6.45) is 56.6. The molecular weight excluding hydrogens is 793 g/mol. The maximum atomic E-state index is 12.8. The van der Waals surface area contributed by atoms with Crippen LogP contribution < -0.4 is 0 Å². The van der Waals surface area contributed by atoms with Gasteiger partial charge in [-0.1, -0.05) is 291 Å². The molecule has 380 valence electrons. The SMILES string of the molecule is CCCCCCCCCCCCCCCCCC(=O)O[C@@H](COC(=O)CCCCCCCCCCCCCC)COC(=O)CCCCCCCCCCCCCCCCCCC(C)C. The van der Waals surface area contributed by atoms with Crippen molar-refractivity contribution in [2.24, 2.45) is 5.92 Å². The summed E-state index contributed by atoms with van der Waals surface area (Å²) in [5.41, 5.74) is 0. The Morgan fingerprint density at radius 1 is 0.297 bits per heavy atom. The summed E-state index contributed by atoms with van der Waals surface area (Å²) < 4.78 is 16.9. The lowest BCUT2D eigenvalue weighted by atomic mass is 10.0. The first-order valence-corrected chi connectivity index (χ1v) is 28.9. The fourth-order valence-corrected chi connectivity index (χ4v) is 8.92. The molecule has 0 bridgehead atoms. The molecule has 6 heteroatoms. The Bertz CT molecular complexity index is 964. The highest BCUT2D eigenvalue weighted by Crippen LogP contribution is 2.18. The number of esters is 3. The Balaban J connectivity index is 4.26. The standard InChI is InChI=1S/C58H112O6/c1-5-7-9-11-13-15-17-19-22-27-31-35-39-43-47-51-58(61)64-55(52-62-56(59)49-45-41-37-33-29-18-16-14-12-10-8-6-2)53-63-57(60)50-46-42-38-34-30-26-24-21-20-23-25-28-32-36-40-44-48-54(3)4/h54-55H,5-53H2,1-4H3/t55-/m0/s1. The van der Waals surface area contributed by atoms with Crippen LogP contribution in [0.3, 0.4) is 0 Å². The molecule has 0 heterocycles. The Kier molecular flexibility index (Phi) is 51.1. The molecule has 0 N–H and O–H groups in total. The lowest BCUT2D eigenvalue weighted by molar-refractivity contribution is -0.167. The number of hydrogen-bond donors (Lipinski definition) is 0. The van der Waals surface area contributed by atoms with Gasteiger partial charge in [0.25, 0.3) is 0 Å². The van der Waals surface area contributed by atoms with Gasteiger partial charge >= 0.3 is 17.9 Å². The molecule has 0 rings (SSSR count). The minimum absolute atomic E-state index is 0.0618. The van der Waals surface area contributed by atoms with E-state index in [9.17, 15) is 14.4 Å². The number of carbonyl (C=O) groups is 3. The van der Waals surface area contributed by atoms with Crippen LogP contribution in [-0.4, -0.2) is 37.2 Å². The van der Waals surface area contributed by atoms with Crippen LogP contribution in [-0.2, 0) is 28.6 Å². The Hall–Kier alpha value is -1.59. The van der Waals surface area contributed by atoms with E-state index in [4.69, 9.17) is 14.2 Å². The third-order valence-corrected chi connectivity index (χ3v) is 13.3. The monoisotopic (exact) mass is 905 g/mol. The normalized spacial score (nSPS) is 12.0. The van der Waals surface area contributed by atoms with E-state index >= 15 is 0 Å². The number of unbranched alkanes of at least 4 members (excludes halogenated alkanes) is 40. The van der Waals surface area contributed by atoms with Crippen molar-refractivity contribution >= 4 is 17.9 Å². The zero-order valence-electron chi connectivity index (χ0n) is 43.8. The molecule has 0 saturated heterocycles. The Morgan fingerprint density at radius 2 is 0.516 bits per heavy atom. The van der Waals surface area contributed by atoms with Crippen molar-refractivity contribution in [3.63, 3.8) is 0 Å². The van der Waals surface area contributed by atoms with Crippen LogP contribution in [0.2, 0.25) is 0 Å². The van der Waals surface area contributed by atoms with Crippen LogP contribution in [0.25, 0.3) is 0 Å². The van der Waals surface area contributed by atoms with E-state index in [1.54, 1.807) is 0 Å². The molecule has 1 atom stereocenters. The van der Waals surface area contributed by atoms with E-state index in [0.717, 1.165) is 63.7 Å². The van der Waals surface area contributed by atoms with E-state index in [0.29, 0.717) is 19.3 Å². The van der Waals surface area contributed by atoms with Gasteiger partial charge in [-0.15, -0.1) is 0 Å². The molecule has 0 aliphatic carbocycles. The number of ether oxygens (including phenoxy) is 3. The van der Waals surface area contributed by atoms with Gasteiger partial charge in [0.15, 0.2) is 6.10 Å². The molecule has 0 radical (unpaired) electrons. The van der Waals surface area contributed by atoms with E-state index in [-0.39, 0.29) is 31.1 Å². The molecule has 0 aliphatic heterocycles. The van der Waals surface area contributed by atoms with Crippen LogP contribution >= 0.6 is 0 Å². The van der Waals surface area contributed by atoms with E-state index in [2.05, 4.69) is 27.7 Å². The highest BCUT2D eigenvalue weighted by atomic mass is 16.6. The number of carbonyl (C=O) groups excluding carboxylic acids is 3. The minimum Gasteiger partial charge on any atom is -0.462 e. The van der Waals surface area contributed by atoms with Gasteiger partial charge in [0.1, 0.15) is 13.2 Å².